The number of methoxy groups -OCH3 is 1. The molecule has 0 aromatic rings. The SMILES string of the molecule is COC(=O)CC1C=CCC1O. The van der Waals surface area contributed by atoms with Gasteiger partial charge < -0.3 is 9.84 Å². The second-order valence-corrected chi connectivity index (χ2v) is 2.68. The lowest BCUT2D eigenvalue weighted by atomic mass is 10.0. The topological polar surface area (TPSA) is 46.5 Å². The highest BCUT2D eigenvalue weighted by atomic mass is 16.5. The third-order valence-corrected chi connectivity index (χ3v) is 1.89. The van der Waals surface area contributed by atoms with Crippen molar-refractivity contribution in [2.45, 2.75) is 18.9 Å². The molecule has 3 heteroatoms. The van der Waals surface area contributed by atoms with E-state index in [-0.39, 0.29) is 18.3 Å². The molecule has 11 heavy (non-hydrogen) atoms. The Bertz CT molecular complexity index is 174. The van der Waals surface area contributed by atoms with Crippen molar-refractivity contribution >= 4 is 5.97 Å². The molecule has 2 atom stereocenters. The van der Waals surface area contributed by atoms with Gasteiger partial charge in [0.2, 0.25) is 0 Å². The summed E-state index contributed by atoms with van der Waals surface area (Å²) in [6.45, 7) is 0. The van der Waals surface area contributed by atoms with Crippen LogP contribution >= 0.6 is 0 Å². The van der Waals surface area contributed by atoms with Crippen LogP contribution in [-0.2, 0) is 9.53 Å². The van der Waals surface area contributed by atoms with Gasteiger partial charge in [0, 0.05) is 5.92 Å². The molecule has 0 saturated carbocycles. The third-order valence-electron chi connectivity index (χ3n) is 1.89. The first-order chi connectivity index (χ1) is 5.24. The van der Waals surface area contributed by atoms with Crippen molar-refractivity contribution in [3.8, 4) is 0 Å². The maximum absolute atomic E-state index is 10.7. The first kappa shape index (κ1) is 8.27. The molecule has 0 fully saturated rings. The Labute approximate surface area is 65.7 Å². The van der Waals surface area contributed by atoms with E-state index in [1.165, 1.54) is 7.11 Å². The standard InChI is InChI=1S/C8H12O3/c1-11-8(10)5-6-3-2-4-7(6)9/h2-3,6-7,9H,4-5H2,1H3. The lowest BCUT2D eigenvalue weighted by molar-refractivity contribution is -0.142. The summed E-state index contributed by atoms with van der Waals surface area (Å²) in [4.78, 5) is 10.7. The monoisotopic (exact) mass is 156 g/mol. The summed E-state index contributed by atoms with van der Waals surface area (Å²) in [6.07, 6.45) is 4.30. The number of hydrogen-bond donors (Lipinski definition) is 1. The Morgan fingerprint density at radius 2 is 2.55 bits per heavy atom. The Morgan fingerprint density at radius 3 is 3.00 bits per heavy atom. The maximum atomic E-state index is 10.7. The number of aliphatic hydroxyl groups excluding tert-OH is 1. The highest BCUT2D eigenvalue weighted by Gasteiger charge is 2.22. The quantitative estimate of drug-likeness (QED) is 0.467. The van der Waals surface area contributed by atoms with Gasteiger partial charge in [-0.15, -0.1) is 0 Å². The number of rotatable bonds is 2. The minimum absolute atomic E-state index is 0.0394. The van der Waals surface area contributed by atoms with Crippen molar-refractivity contribution in [2.75, 3.05) is 7.11 Å². The van der Waals surface area contributed by atoms with E-state index in [1.54, 1.807) is 0 Å². The van der Waals surface area contributed by atoms with Gasteiger partial charge in [0.15, 0.2) is 0 Å². The van der Waals surface area contributed by atoms with Crippen molar-refractivity contribution in [1.29, 1.82) is 0 Å². The zero-order valence-corrected chi connectivity index (χ0v) is 6.49. The molecule has 0 spiro atoms. The number of ether oxygens (including phenoxy) is 1. The van der Waals surface area contributed by atoms with Gasteiger partial charge in [-0.05, 0) is 6.42 Å². The Morgan fingerprint density at radius 1 is 1.82 bits per heavy atom. The van der Waals surface area contributed by atoms with Crippen molar-refractivity contribution in [3.05, 3.63) is 12.2 Å². The van der Waals surface area contributed by atoms with Crippen molar-refractivity contribution < 1.29 is 14.6 Å². The van der Waals surface area contributed by atoms with Gasteiger partial charge in [-0.2, -0.15) is 0 Å². The molecule has 1 aliphatic rings. The van der Waals surface area contributed by atoms with Crippen molar-refractivity contribution in [1.82, 2.24) is 0 Å². The van der Waals surface area contributed by atoms with Crippen molar-refractivity contribution in [3.63, 3.8) is 0 Å². The van der Waals surface area contributed by atoms with Gasteiger partial charge in [0.05, 0.1) is 19.6 Å². The molecular weight excluding hydrogens is 144 g/mol. The Balaban J connectivity index is 2.36. The fraction of sp³-hybridized carbons (Fsp3) is 0.625. The lowest BCUT2D eigenvalue weighted by Gasteiger charge is -2.11. The molecule has 3 nitrogen and oxygen atoms in total. The average Bonchev–Trinajstić information content (AvgIpc) is 2.37. The summed E-state index contributed by atoms with van der Waals surface area (Å²) in [5, 5.41) is 9.26. The molecule has 0 saturated heterocycles. The number of carbonyl (C=O) groups is 1. The van der Waals surface area contributed by atoms with Crippen molar-refractivity contribution in [2.24, 2.45) is 5.92 Å². The first-order valence-corrected chi connectivity index (χ1v) is 3.65. The molecule has 0 heterocycles. The van der Waals surface area contributed by atoms with Crippen LogP contribution in [0.15, 0.2) is 12.2 Å². The van der Waals surface area contributed by atoms with Gasteiger partial charge in [-0.3, -0.25) is 4.79 Å². The van der Waals surface area contributed by atoms with Gasteiger partial charge in [0.1, 0.15) is 0 Å². The average molecular weight is 156 g/mol. The summed E-state index contributed by atoms with van der Waals surface area (Å²) in [7, 11) is 1.35. The molecule has 62 valence electrons. The van der Waals surface area contributed by atoms with Crippen LogP contribution in [0.4, 0.5) is 0 Å². The zero-order chi connectivity index (χ0) is 8.27. The molecule has 1 rings (SSSR count). The lowest BCUT2D eigenvalue weighted by Crippen LogP contribution is -2.17. The molecule has 0 amide bonds. The summed E-state index contributed by atoms with van der Waals surface area (Å²) in [5.74, 6) is -0.303. The predicted molar refractivity (Wildman–Crippen MR) is 39.9 cm³/mol. The molecule has 0 aliphatic heterocycles. The van der Waals surface area contributed by atoms with Crippen LogP contribution in [0.3, 0.4) is 0 Å². The van der Waals surface area contributed by atoms with E-state index in [0.717, 1.165) is 0 Å². The van der Waals surface area contributed by atoms with Crippen LogP contribution < -0.4 is 0 Å². The van der Waals surface area contributed by atoms with Gasteiger partial charge in [-0.25, -0.2) is 0 Å². The van der Waals surface area contributed by atoms with E-state index in [4.69, 9.17) is 0 Å². The van der Waals surface area contributed by atoms with E-state index in [0.29, 0.717) is 6.42 Å². The summed E-state index contributed by atoms with van der Waals surface area (Å²) >= 11 is 0. The van der Waals surface area contributed by atoms with Crippen LogP contribution in [0.2, 0.25) is 0 Å². The number of hydrogen-bond acceptors (Lipinski definition) is 3. The highest BCUT2D eigenvalue weighted by molar-refractivity contribution is 5.69. The highest BCUT2D eigenvalue weighted by Crippen LogP contribution is 2.21. The summed E-state index contributed by atoms with van der Waals surface area (Å²) < 4.78 is 4.48. The summed E-state index contributed by atoms with van der Waals surface area (Å²) in [6, 6.07) is 0. The second-order valence-electron chi connectivity index (χ2n) is 2.68. The van der Waals surface area contributed by atoms with E-state index < -0.39 is 6.10 Å². The number of aliphatic hydroxyl groups is 1. The van der Waals surface area contributed by atoms with Crippen LogP contribution in [0, 0.1) is 5.92 Å². The van der Waals surface area contributed by atoms with Crippen LogP contribution in [-0.4, -0.2) is 24.3 Å². The minimum Gasteiger partial charge on any atom is -0.469 e. The predicted octanol–water partition coefficient (Wildman–Crippen LogP) is 0.486. The van der Waals surface area contributed by atoms with E-state index in [1.807, 2.05) is 12.2 Å². The van der Waals surface area contributed by atoms with E-state index >= 15 is 0 Å². The second kappa shape index (κ2) is 3.53. The largest absolute Gasteiger partial charge is 0.469 e. The zero-order valence-electron chi connectivity index (χ0n) is 6.49. The normalized spacial score (nSPS) is 28.9. The molecule has 0 radical (unpaired) electrons. The molecular formula is C8H12O3. The molecule has 1 N–H and O–H groups in total. The smallest absolute Gasteiger partial charge is 0.306 e. The minimum atomic E-state index is -0.394. The van der Waals surface area contributed by atoms with Gasteiger partial charge in [0.25, 0.3) is 0 Å². The molecule has 0 aromatic carbocycles. The number of carbonyl (C=O) groups excluding carboxylic acids is 1. The summed E-state index contributed by atoms with van der Waals surface area (Å²) in [5.41, 5.74) is 0. The first-order valence-electron chi connectivity index (χ1n) is 3.65. The third kappa shape index (κ3) is 2.05. The molecule has 0 aromatic heterocycles. The molecule has 0 bridgehead atoms. The van der Waals surface area contributed by atoms with Crippen LogP contribution in [0.1, 0.15) is 12.8 Å². The molecule has 1 aliphatic carbocycles. The Hall–Kier alpha value is -0.830. The van der Waals surface area contributed by atoms with Gasteiger partial charge >= 0.3 is 5.97 Å². The fourth-order valence-corrected chi connectivity index (χ4v) is 1.18. The maximum Gasteiger partial charge on any atom is 0.306 e. The Kier molecular flexibility index (Phi) is 2.65. The number of esters is 1. The van der Waals surface area contributed by atoms with E-state index in [2.05, 4.69) is 4.74 Å². The fourth-order valence-electron chi connectivity index (χ4n) is 1.18. The van der Waals surface area contributed by atoms with Crippen LogP contribution in [0.5, 0.6) is 0 Å². The van der Waals surface area contributed by atoms with Crippen LogP contribution in [0.25, 0.3) is 0 Å². The van der Waals surface area contributed by atoms with E-state index in [9.17, 15) is 9.90 Å². The molecule has 2 unspecified atom stereocenters. The van der Waals surface area contributed by atoms with Gasteiger partial charge in [-0.1, -0.05) is 12.2 Å².